The van der Waals surface area contributed by atoms with Crippen LogP contribution in [0.15, 0.2) is 80.7 Å². The molecule has 0 spiro atoms. The Labute approximate surface area is 214 Å². The van der Waals surface area contributed by atoms with Crippen molar-refractivity contribution in [3.05, 3.63) is 104 Å². The van der Waals surface area contributed by atoms with Crippen molar-refractivity contribution in [2.75, 3.05) is 26.2 Å². The van der Waals surface area contributed by atoms with Crippen molar-refractivity contribution in [1.29, 1.82) is 0 Å². The third-order valence-corrected chi connectivity index (χ3v) is 7.69. The van der Waals surface area contributed by atoms with Crippen molar-refractivity contribution in [2.45, 2.75) is 25.8 Å². The quantitative estimate of drug-likeness (QED) is 0.456. The van der Waals surface area contributed by atoms with E-state index in [4.69, 9.17) is 4.42 Å². The van der Waals surface area contributed by atoms with Gasteiger partial charge in [-0.15, -0.1) is 0 Å². The van der Waals surface area contributed by atoms with Crippen molar-refractivity contribution < 1.29 is 9.21 Å². The summed E-state index contributed by atoms with van der Waals surface area (Å²) < 4.78 is 8.13. The highest BCUT2D eigenvalue weighted by Crippen LogP contribution is 2.34. The van der Waals surface area contributed by atoms with Crippen LogP contribution in [0.5, 0.6) is 0 Å². The van der Waals surface area contributed by atoms with Gasteiger partial charge >= 0.3 is 0 Å². The molecule has 2 unspecified atom stereocenters. The molecule has 1 N–H and O–H groups in total. The van der Waals surface area contributed by atoms with Gasteiger partial charge in [-0.05, 0) is 37.5 Å². The number of aromatic nitrogens is 1. The number of carbonyl (C=O) groups excluding carboxylic acids is 1. The zero-order valence-electron chi connectivity index (χ0n) is 20.8. The molecule has 2 atom stereocenters. The van der Waals surface area contributed by atoms with Crippen LogP contribution in [0.1, 0.15) is 34.0 Å². The van der Waals surface area contributed by atoms with Gasteiger partial charge < -0.3 is 19.2 Å². The van der Waals surface area contributed by atoms with E-state index in [2.05, 4.69) is 16.3 Å². The molecule has 4 aromatic rings. The van der Waals surface area contributed by atoms with Crippen LogP contribution in [-0.4, -0.2) is 41.6 Å². The van der Waals surface area contributed by atoms with Crippen LogP contribution >= 0.6 is 0 Å². The van der Waals surface area contributed by atoms with Gasteiger partial charge in [0.25, 0.3) is 11.5 Å². The fourth-order valence-electron chi connectivity index (χ4n) is 5.95. The van der Waals surface area contributed by atoms with Gasteiger partial charge in [0.15, 0.2) is 11.0 Å². The molecule has 37 heavy (non-hydrogen) atoms. The number of hydrogen-bond donors (Lipinski definition) is 1. The molecule has 6 rings (SSSR count). The van der Waals surface area contributed by atoms with E-state index < -0.39 is 0 Å². The Bertz CT molecular complexity index is 1610. The summed E-state index contributed by atoms with van der Waals surface area (Å²) in [4.78, 5) is 41.0. The Hall–Kier alpha value is -3.97. The minimum absolute atomic E-state index is 0.0836. The van der Waals surface area contributed by atoms with E-state index in [1.165, 1.54) is 0 Å². The van der Waals surface area contributed by atoms with Crippen LogP contribution in [0, 0.1) is 12.8 Å². The van der Waals surface area contributed by atoms with E-state index in [1.807, 2.05) is 41.0 Å². The van der Waals surface area contributed by atoms with E-state index in [9.17, 15) is 14.4 Å². The monoisotopic (exact) mass is 495 g/mol. The Morgan fingerprint density at radius 1 is 0.973 bits per heavy atom. The van der Waals surface area contributed by atoms with E-state index in [1.54, 1.807) is 31.2 Å². The summed E-state index contributed by atoms with van der Waals surface area (Å²) in [6.45, 7) is 5.50. The lowest BCUT2D eigenvalue weighted by Crippen LogP contribution is -2.48. The molecule has 1 saturated heterocycles. The summed E-state index contributed by atoms with van der Waals surface area (Å²) in [5.41, 5.74) is 3.06. The average molecular weight is 496 g/mol. The van der Waals surface area contributed by atoms with Crippen LogP contribution in [0.25, 0.3) is 22.3 Å². The highest BCUT2D eigenvalue weighted by Gasteiger charge is 2.34. The van der Waals surface area contributed by atoms with Crippen LogP contribution in [-0.2, 0) is 6.54 Å². The second-order valence-corrected chi connectivity index (χ2v) is 10.1. The second-order valence-electron chi connectivity index (χ2n) is 10.1. The summed E-state index contributed by atoms with van der Waals surface area (Å²) in [6.07, 6.45) is 1.10. The number of likely N-dealkylation sites (tertiary alicyclic amines) is 1. The number of carbonyl (C=O) groups is 1. The Balaban J connectivity index is 1.19. The van der Waals surface area contributed by atoms with E-state index in [-0.39, 0.29) is 16.9 Å². The Morgan fingerprint density at radius 3 is 2.62 bits per heavy atom. The van der Waals surface area contributed by atoms with E-state index >= 15 is 0 Å². The van der Waals surface area contributed by atoms with Crippen molar-refractivity contribution >= 4 is 16.9 Å². The Kier molecular flexibility index (Phi) is 6.00. The number of amides is 1. The molecule has 0 aliphatic carbocycles. The van der Waals surface area contributed by atoms with Crippen molar-refractivity contribution in [1.82, 2.24) is 14.8 Å². The number of pyridine rings is 1. The number of hydrogen-bond acceptors (Lipinski definition) is 5. The lowest BCUT2D eigenvalue weighted by Gasteiger charge is -2.42. The SMILES string of the molecule is Cc1c(-c2ccccc2)oc2c(C(=O)NCCN3CC4CC(C3)c3cccc(=O)n3C4)cccc2c1=O. The number of benzene rings is 2. The van der Waals surface area contributed by atoms with Crippen LogP contribution in [0.3, 0.4) is 0 Å². The van der Waals surface area contributed by atoms with Gasteiger partial charge in [0.1, 0.15) is 5.76 Å². The maximum absolute atomic E-state index is 13.2. The molecule has 2 aliphatic rings. The molecule has 1 fully saturated rings. The van der Waals surface area contributed by atoms with Crippen molar-refractivity contribution in [3.8, 4) is 11.3 Å². The standard InChI is InChI=1S/C30H29N3O4/c1-19-27(35)23-9-5-10-24(29(23)37-28(19)21-7-3-2-4-8-21)30(36)31-13-14-32-16-20-15-22(18-32)25-11-6-12-26(34)33(25)17-20/h2-12,20,22H,13-18H2,1H3,(H,31,36). The van der Waals surface area contributed by atoms with E-state index in [0.717, 1.165) is 43.9 Å². The fourth-order valence-corrected chi connectivity index (χ4v) is 5.95. The first-order chi connectivity index (χ1) is 18.0. The molecular weight excluding hydrogens is 466 g/mol. The highest BCUT2D eigenvalue weighted by molar-refractivity contribution is 6.05. The molecule has 2 aromatic heterocycles. The number of para-hydroxylation sites is 1. The predicted octanol–water partition coefficient (Wildman–Crippen LogP) is 3.78. The number of rotatable bonds is 5. The maximum atomic E-state index is 13.2. The molecule has 2 aromatic carbocycles. The van der Waals surface area contributed by atoms with Gasteiger partial charge in [-0.3, -0.25) is 14.4 Å². The van der Waals surface area contributed by atoms with Crippen LogP contribution in [0.4, 0.5) is 0 Å². The van der Waals surface area contributed by atoms with Gasteiger partial charge in [-0.1, -0.05) is 42.5 Å². The van der Waals surface area contributed by atoms with Crippen molar-refractivity contribution in [2.24, 2.45) is 5.92 Å². The first kappa shape index (κ1) is 23.4. The lowest BCUT2D eigenvalue weighted by molar-refractivity contribution is 0.0928. The van der Waals surface area contributed by atoms with Crippen LogP contribution < -0.4 is 16.3 Å². The van der Waals surface area contributed by atoms with Gasteiger partial charge in [-0.25, -0.2) is 0 Å². The number of piperidine rings is 1. The zero-order chi connectivity index (χ0) is 25.5. The van der Waals surface area contributed by atoms with Crippen LogP contribution in [0.2, 0.25) is 0 Å². The lowest BCUT2D eigenvalue weighted by atomic mass is 9.83. The zero-order valence-corrected chi connectivity index (χ0v) is 20.8. The first-order valence-corrected chi connectivity index (χ1v) is 12.8. The largest absolute Gasteiger partial charge is 0.455 e. The summed E-state index contributed by atoms with van der Waals surface area (Å²) >= 11 is 0. The summed E-state index contributed by atoms with van der Waals surface area (Å²) in [5.74, 6) is 1.00. The number of nitrogens with one attached hydrogen (secondary N) is 1. The minimum atomic E-state index is -0.259. The number of fused-ring (bicyclic) bond motifs is 5. The third-order valence-electron chi connectivity index (χ3n) is 7.69. The third kappa shape index (κ3) is 4.29. The molecule has 7 nitrogen and oxygen atoms in total. The highest BCUT2D eigenvalue weighted by atomic mass is 16.3. The molecule has 0 radical (unpaired) electrons. The molecule has 4 heterocycles. The molecule has 2 bridgehead atoms. The van der Waals surface area contributed by atoms with Gasteiger partial charge in [0, 0.05) is 61.5 Å². The van der Waals surface area contributed by atoms with Gasteiger partial charge in [-0.2, -0.15) is 0 Å². The predicted molar refractivity (Wildman–Crippen MR) is 143 cm³/mol. The molecule has 0 saturated carbocycles. The number of nitrogens with zero attached hydrogens (tertiary/aromatic N) is 2. The molecule has 7 heteroatoms. The average Bonchev–Trinajstić information content (AvgIpc) is 2.91. The molecule has 1 amide bonds. The molecular formula is C30H29N3O4. The maximum Gasteiger partial charge on any atom is 0.255 e. The summed E-state index contributed by atoms with van der Waals surface area (Å²) in [6, 6.07) is 20.1. The second kappa shape index (κ2) is 9.48. The summed E-state index contributed by atoms with van der Waals surface area (Å²) in [7, 11) is 0. The molecule has 2 aliphatic heterocycles. The topological polar surface area (TPSA) is 84.6 Å². The summed E-state index contributed by atoms with van der Waals surface area (Å²) in [5, 5.41) is 3.43. The minimum Gasteiger partial charge on any atom is -0.455 e. The molecule has 188 valence electrons. The fraction of sp³-hybridized carbons (Fsp3) is 0.300. The van der Waals surface area contributed by atoms with E-state index in [0.29, 0.717) is 46.2 Å². The van der Waals surface area contributed by atoms with Gasteiger partial charge in [0.05, 0.1) is 10.9 Å². The smallest absolute Gasteiger partial charge is 0.255 e. The van der Waals surface area contributed by atoms with Gasteiger partial charge in [0.2, 0.25) is 0 Å². The normalized spacial score (nSPS) is 18.9. The first-order valence-electron chi connectivity index (χ1n) is 12.8. The Morgan fingerprint density at radius 2 is 1.78 bits per heavy atom. The van der Waals surface area contributed by atoms with Crippen molar-refractivity contribution in [3.63, 3.8) is 0 Å².